The highest BCUT2D eigenvalue weighted by Gasteiger charge is 2.13. The number of furan rings is 1. The van der Waals surface area contributed by atoms with E-state index >= 15 is 0 Å². The van der Waals surface area contributed by atoms with Gasteiger partial charge in [-0.25, -0.2) is 0 Å². The van der Waals surface area contributed by atoms with E-state index in [1.54, 1.807) is 30.3 Å². The molecule has 0 unspecified atom stereocenters. The molecule has 0 aliphatic heterocycles. The van der Waals surface area contributed by atoms with Gasteiger partial charge in [-0.05, 0) is 49.2 Å². The third kappa shape index (κ3) is 6.02. The van der Waals surface area contributed by atoms with Gasteiger partial charge in [0.25, 0.3) is 5.91 Å². The zero-order valence-electron chi connectivity index (χ0n) is 15.9. The monoisotopic (exact) mass is 382 g/mol. The lowest BCUT2D eigenvalue weighted by Gasteiger charge is -2.11. The van der Waals surface area contributed by atoms with Crippen molar-refractivity contribution in [2.45, 2.75) is 33.2 Å². The largest absolute Gasteiger partial charge is 0.490 e. The van der Waals surface area contributed by atoms with Gasteiger partial charge in [-0.1, -0.05) is 13.0 Å². The van der Waals surface area contributed by atoms with E-state index in [0.717, 1.165) is 0 Å². The maximum atomic E-state index is 12.2. The Labute approximate surface area is 163 Å². The molecule has 0 spiro atoms. The molecule has 0 bridgehead atoms. The first-order valence-electron chi connectivity index (χ1n) is 8.97. The quantitative estimate of drug-likeness (QED) is 0.308. The van der Waals surface area contributed by atoms with Crippen LogP contribution in [0.15, 0.2) is 46.6 Å². The number of amides is 1. The lowest BCUT2D eigenvalue weighted by Crippen LogP contribution is -2.23. The van der Waals surface area contributed by atoms with E-state index in [1.807, 2.05) is 19.9 Å². The number of nitrogens with zero attached hydrogens (tertiary/aromatic N) is 1. The van der Waals surface area contributed by atoms with E-state index < -0.39 is 5.91 Å². The summed E-state index contributed by atoms with van der Waals surface area (Å²) in [5, 5.41) is 11.9. The standard InChI is InChI=1S/C21H22N2O5/c1-3-6-20(24)28-18-9-8-15(12-19(18)26-4-2)11-16(13-22)21(25)23-14-17-7-5-10-27-17/h5,7-12H,3-4,6,14H2,1-2H3,(H,23,25)/b16-11+. The van der Waals surface area contributed by atoms with Crippen LogP contribution in [0, 0.1) is 11.3 Å². The molecule has 0 saturated heterocycles. The number of nitriles is 1. The van der Waals surface area contributed by atoms with Crippen LogP contribution in [0.25, 0.3) is 6.08 Å². The highest BCUT2D eigenvalue weighted by molar-refractivity contribution is 6.01. The molecule has 1 amide bonds. The first-order valence-corrected chi connectivity index (χ1v) is 8.97. The van der Waals surface area contributed by atoms with Crippen molar-refractivity contribution in [3.05, 3.63) is 53.5 Å². The molecule has 0 atom stereocenters. The summed E-state index contributed by atoms with van der Waals surface area (Å²) < 4.78 is 16.0. The number of nitrogens with one attached hydrogen (secondary N) is 1. The minimum Gasteiger partial charge on any atom is -0.490 e. The van der Waals surface area contributed by atoms with Crippen molar-refractivity contribution in [2.24, 2.45) is 0 Å². The van der Waals surface area contributed by atoms with Crippen LogP contribution in [-0.4, -0.2) is 18.5 Å². The van der Waals surface area contributed by atoms with E-state index in [-0.39, 0.29) is 18.1 Å². The number of hydrogen-bond acceptors (Lipinski definition) is 6. The lowest BCUT2D eigenvalue weighted by molar-refractivity contribution is -0.134. The van der Waals surface area contributed by atoms with E-state index in [2.05, 4.69) is 5.32 Å². The van der Waals surface area contributed by atoms with Crippen molar-refractivity contribution in [3.63, 3.8) is 0 Å². The molecule has 1 heterocycles. The molecule has 2 aromatic rings. The van der Waals surface area contributed by atoms with Crippen molar-refractivity contribution in [1.29, 1.82) is 5.26 Å². The van der Waals surface area contributed by atoms with Crippen LogP contribution in [0.4, 0.5) is 0 Å². The SMILES string of the molecule is CCCC(=O)Oc1ccc(/C=C(\C#N)C(=O)NCc2ccco2)cc1OCC. The molecule has 0 aliphatic rings. The summed E-state index contributed by atoms with van der Waals surface area (Å²) in [6.45, 7) is 4.25. The highest BCUT2D eigenvalue weighted by Crippen LogP contribution is 2.30. The fraction of sp³-hybridized carbons (Fsp3) is 0.286. The second kappa shape index (κ2) is 10.6. The average molecular weight is 382 g/mol. The van der Waals surface area contributed by atoms with Crippen molar-refractivity contribution in [2.75, 3.05) is 6.61 Å². The number of hydrogen-bond donors (Lipinski definition) is 1. The number of benzene rings is 1. The van der Waals surface area contributed by atoms with Crippen molar-refractivity contribution in [3.8, 4) is 17.6 Å². The van der Waals surface area contributed by atoms with Gasteiger partial charge in [-0.15, -0.1) is 0 Å². The Hall–Kier alpha value is -3.53. The Balaban J connectivity index is 2.17. The normalized spacial score (nSPS) is 10.8. The van der Waals surface area contributed by atoms with Gasteiger partial charge in [0.05, 0.1) is 19.4 Å². The molecule has 1 aromatic carbocycles. The smallest absolute Gasteiger partial charge is 0.311 e. The lowest BCUT2D eigenvalue weighted by atomic mass is 10.1. The van der Waals surface area contributed by atoms with Crippen LogP contribution in [0.3, 0.4) is 0 Å². The first-order chi connectivity index (χ1) is 13.6. The first kappa shape index (κ1) is 20.8. The van der Waals surface area contributed by atoms with E-state index in [0.29, 0.717) is 42.3 Å². The van der Waals surface area contributed by atoms with Gasteiger partial charge in [0.15, 0.2) is 11.5 Å². The number of carbonyl (C=O) groups is 2. The Morgan fingerprint density at radius 2 is 2.07 bits per heavy atom. The van der Waals surface area contributed by atoms with Crippen LogP contribution >= 0.6 is 0 Å². The van der Waals surface area contributed by atoms with Gasteiger partial charge in [0.2, 0.25) is 0 Å². The molecule has 146 valence electrons. The van der Waals surface area contributed by atoms with Gasteiger partial charge in [0.1, 0.15) is 17.4 Å². The van der Waals surface area contributed by atoms with Gasteiger partial charge < -0.3 is 19.2 Å². The minimum absolute atomic E-state index is 0.0651. The zero-order chi connectivity index (χ0) is 20.4. The Morgan fingerprint density at radius 1 is 1.25 bits per heavy atom. The molecule has 0 saturated carbocycles. The molecule has 7 heteroatoms. The second-order valence-corrected chi connectivity index (χ2v) is 5.80. The summed E-state index contributed by atoms with van der Waals surface area (Å²) in [6.07, 6.45) is 3.94. The predicted octanol–water partition coefficient (Wildman–Crippen LogP) is 3.61. The second-order valence-electron chi connectivity index (χ2n) is 5.80. The van der Waals surface area contributed by atoms with Gasteiger partial charge in [0, 0.05) is 6.42 Å². The summed E-state index contributed by atoms with van der Waals surface area (Å²) in [5.74, 6) is 0.395. The molecule has 28 heavy (non-hydrogen) atoms. The van der Waals surface area contributed by atoms with Crippen molar-refractivity contribution >= 4 is 18.0 Å². The van der Waals surface area contributed by atoms with Crippen LogP contribution in [0.1, 0.15) is 38.0 Å². The average Bonchev–Trinajstić information content (AvgIpc) is 3.20. The highest BCUT2D eigenvalue weighted by atomic mass is 16.6. The van der Waals surface area contributed by atoms with Crippen LogP contribution in [0.2, 0.25) is 0 Å². The Morgan fingerprint density at radius 3 is 2.71 bits per heavy atom. The van der Waals surface area contributed by atoms with Crippen LogP contribution in [0.5, 0.6) is 11.5 Å². The maximum Gasteiger partial charge on any atom is 0.311 e. The number of carbonyl (C=O) groups excluding carboxylic acids is 2. The summed E-state index contributed by atoms with van der Waals surface area (Å²) >= 11 is 0. The summed E-state index contributed by atoms with van der Waals surface area (Å²) in [6, 6.07) is 10.2. The molecule has 0 fully saturated rings. The van der Waals surface area contributed by atoms with Crippen LogP contribution in [-0.2, 0) is 16.1 Å². The molecular formula is C21H22N2O5. The molecule has 1 N–H and O–H groups in total. The number of esters is 1. The summed E-state index contributed by atoms with van der Waals surface area (Å²) in [5.41, 5.74) is 0.508. The predicted molar refractivity (Wildman–Crippen MR) is 102 cm³/mol. The van der Waals surface area contributed by atoms with E-state index in [4.69, 9.17) is 13.9 Å². The molecule has 0 radical (unpaired) electrons. The molecule has 2 rings (SSSR count). The Bertz CT molecular complexity index is 879. The minimum atomic E-state index is -0.518. The molecule has 7 nitrogen and oxygen atoms in total. The third-order valence-corrected chi connectivity index (χ3v) is 3.62. The van der Waals surface area contributed by atoms with Crippen molar-refractivity contribution < 1.29 is 23.5 Å². The van der Waals surface area contributed by atoms with E-state index in [9.17, 15) is 14.9 Å². The fourth-order valence-electron chi connectivity index (χ4n) is 2.34. The van der Waals surface area contributed by atoms with E-state index in [1.165, 1.54) is 12.3 Å². The molecule has 0 aliphatic carbocycles. The Kier molecular flexibility index (Phi) is 7.85. The summed E-state index contributed by atoms with van der Waals surface area (Å²) in [4.78, 5) is 24.0. The third-order valence-electron chi connectivity index (χ3n) is 3.62. The van der Waals surface area contributed by atoms with Gasteiger partial charge in [-0.2, -0.15) is 5.26 Å². The van der Waals surface area contributed by atoms with Crippen molar-refractivity contribution in [1.82, 2.24) is 5.32 Å². The number of rotatable bonds is 9. The molecular weight excluding hydrogens is 360 g/mol. The molecule has 1 aromatic heterocycles. The fourth-order valence-corrected chi connectivity index (χ4v) is 2.34. The van der Waals surface area contributed by atoms with Gasteiger partial charge in [-0.3, -0.25) is 9.59 Å². The van der Waals surface area contributed by atoms with Gasteiger partial charge >= 0.3 is 5.97 Å². The zero-order valence-corrected chi connectivity index (χ0v) is 15.9. The van der Waals surface area contributed by atoms with Crippen LogP contribution < -0.4 is 14.8 Å². The maximum absolute atomic E-state index is 12.2. The topological polar surface area (TPSA) is 102 Å². The summed E-state index contributed by atoms with van der Waals surface area (Å²) in [7, 11) is 0. The number of ether oxygens (including phenoxy) is 2.